The first-order valence-corrected chi connectivity index (χ1v) is 6.00. The van der Waals surface area contributed by atoms with Gasteiger partial charge in [0, 0.05) is 19.6 Å². The molecule has 0 radical (unpaired) electrons. The van der Waals surface area contributed by atoms with E-state index in [1.165, 1.54) is 0 Å². The smallest absolute Gasteiger partial charge is 0.152 e. The normalized spacial score (nSPS) is 27.3. The van der Waals surface area contributed by atoms with Gasteiger partial charge in [-0.05, 0) is 44.4 Å². The van der Waals surface area contributed by atoms with Gasteiger partial charge in [0.15, 0.2) is 5.78 Å². The third kappa shape index (κ3) is 2.58. The van der Waals surface area contributed by atoms with Crippen molar-refractivity contribution in [2.75, 3.05) is 13.2 Å². The van der Waals surface area contributed by atoms with Gasteiger partial charge < -0.3 is 10.5 Å². The SMILES string of the molecule is CC(N)(C(=O)CC1CCOCC1)C1CC1. The molecule has 1 unspecified atom stereocenters. The quantitative estimate of drug-likeness (QED) is 0.766. The van der Waals surface area contributed by atoms with Crippen molar-refractivity contribution in [2.45, 2.75) is 44.6 Å². The van der Waals surface area contributed by atoms with E-state index in [1.54, 1.807) is 0 Å². The van der Waals surface area contributed by atoms with Gasteiger partial charge in [0.1, 0.15) is 0 Å². The first-order chi connectivity index (χ1) is 7.10. The minimum Gasteiger partial charge on any atom is -0.381 e. The average Bonchev–Trinajstić information content (AvgIpc) is 3.02. The predicted molar refractivity (Wildman–Crippen MR) is 58.5 cm³/mol. The van der Waals surface area contributed by atoms with Crippen LogP contribution in [0.25, 0.3) is 0 Å². The van der Waals surface area contributed by atoms with Crippen LogP contribution in [0.4, 0.5) is 0 Å². The Morgan fingerprint density at radius 2 is 1.93 bits per heavy atom. The first-order valence-electron chi connectivity index (χ1n) is 6.00. The molecule has 1 aliphatic carbocycles. The highest BCUT2D eigenvalue weighted by Crippen LogP contribution is 2.39. The van der Waals surface area contributed by atoms with Crippen molar-refractivity contribution in [1.82, 2.24) is 0 Å². The van der Waals surface area contributed by atoms with Gasteiger partial charge in [0.2, 0.25) is 0 Å². The summed E-state index contributed by atoms with van der Waals surface area (Å²) in [5, 5.41) is 0. The molecule has 1 saturated heterocycles. The zero-order valence-electron chi connectivity index (χ0n) is 9.50. The Morgan fingerprint density at radius 1 is 1.33 bits per heavy atom. The van der Waals surface area contributed by atoms with Crippen molar-refractivity contribution in [1.29, 1.82) is 0 Å². The Hall–Kier alpha value is -0.410. The van der Waals surface area contributed by atoms with Crippen molar-refractivity contribution in [3.05, 3.63) is 0 Å². The van der Waals surface area contributed by atoms with Crippen LogP contribution in [-0.2, 0) is 9.53 Å². The van der Waals surface area contributed by atoms with E-state index >= 15 is 0 Å². The third-order valence-electron chi connectivity index (χ3n) is 3.84. The zero-order chi connectivity index (χ0) is 10.9. The van der Waals surface area contributed by atoms with E-state index in [-0.39, 0.29) is 5.78 Å². The second-order valence-corrected chi connectivity index (χ2v) is 5.24. The molecular formula is C12H21NO2. The van der Waals surface area contributed by atoms with Crippen LogP contribution >= 0.6 is 0 Å². The Balaban J connectivity index is 1.84. The lowest BCUT2D eigenvalue weighted by atomic mass is 9.84. The number of nitrogens with two attached hydrogens (primary N) is 1. The standard InChI is InChI=1S/C12H21NO2/c1-12(13,10-2-3-10)11(14)8-9-4-6-15-7-5-9/h9-10H,2-8,13H2,1H3. The highest BCUT2D eigenvalue weighted by molar-refractivity contribution is 5.88. The summed E-state index contributed by atoms with van der Waals surface area (Å²) in [4.78, 5) is 12.0. The van der Waals surface area contributed by atoms with Crippen LogP contribution in [0.2, 0.25) is 0 Å². The minimum absolute atomic E-state index is 0.261. The molecule has 0 aromatic rings. The van der Waals surface area contributed by atoms with Gasteiger partial charge in [-0.1, -0.05) is 0 Å². The van der Waals surface area contributed by atoms with E-state index in [0.717, 1.165) is 38.9 Å². The van der Waals surface area contributed by atoms with Gasteiger partial charge in [0.25, 0.3) is 0 Å². The van der Waals surface area contributed by atoms with Crippen LogP contribution in [-0.4, -0.2) is 24.5 Å². The van der Waals surface area contributed by atoms with Gasteiger partial charge in [-0.3, -0.25) is 4.79 Å². The molecule has 0 aromatic heterocycles. The highest BCUT2D eigenvalue weighted by atomic mass is 16.5. The Labute approximate surface area is 91.4 Å². The van der Waals surface area contributed by atoms with Gasteiger partial charge in [-0.2, -0.15) is 0 Å². The van der Waals surface area contributed by atoms with E-state index < -0.39 is 5.54 Å². The summed E-state index contributed by atoms with van der Waals surface area (Å²) >= 11 is 0. The van der Waals surface area contributed by atoms with Crippen LogP contribution in [0, 0.1) is 11.8 Å². The van der Waals surface area contributed by atoms with Crippen LogP contribution in [0.1, 0.15) is 39.0 Å². The van der Waals surface area contributed by atoms with Crippen molar-refractivity contribution in [3.63, 3.8) is 0 Å². The molecule has 3 heteroatoms. The summed E-state index contributed by atoms with van der Waals surface area (Å²) in [5.41, 5.74) is 5.54. The van der Waals surface area contributed by atoms with Crippen LogP contribution in [0.3, 0.4) is 0 Å². The predicted octanol–water partition coefficient (Wildman–Crippen LogP) is 1.50. The lowest BCUT2D eigenvalue weighted by Gasteiger charge is -2.27. The summed E-state index contributed by atoms with van der Waals surface area (Å²) in [5.74, 6) is 1.22. The Kier molecular flexibility index (Phi) is 3.12. The Bertz CT molecular complexity index is 240. The highest BCUT2D eigenvalue weighted by Gasteiger charge is 2.43. The molecular weight excluding hydrogens is 190 g/mol. The van der Waals surface area contributed by atoms with E-state index in [1.807, 2.05) is 6.92 Å². The van der Waals surface area contributed by atoms with Gasteiger partial charge in [-0.25, -0.2) is 0 Å². The summed E-state index contributed by atoms with van der Waals surface area (Å²) in [6.45, 7) is 3.53. The maximum atomic E-state index is 12.0. The molecule has 1 atom stereocenters. The fourth-order valence-corrected chi connectivity index (χ4v) is 2.34. The molecule has 3 nitrogen and oxygen atoms in total. The maximum Gasteiger partial charge on any atom is 0.152 e. The lowest BCUT2D eigenvalue weighted by Crippen LogP contribution is -2.47. The molecule has 1 aliphatic heterocycles. The number of Topliss-reactive ketones (excluding diaryl/α,β-unsaturated/α-hetero) is 1. The van der Waals surface area contributed by atoms with Gasteiger partial charge in [-0.15, -0.1) is 0 Å². The fourth-order valence-electron chi connectivity index (χ4n) is 2.34. The molecule has 2 aliphatic rings. The second-order valence-electron chi connectivity index (χ2n) is 5.24. The minimum atomic E-state index is -0.557. The van der Waals surface area contributed by atoms with E-state index in [9.17, 15) is 4.79 Å². The van der Waals surface area contributed by atoms with Crippen molar-refractivity contribution >= 4 is 5.78 Å². The molecule has 1 saturated carbocycles. The van der Waals surface area contributed by atoms with E-state index in [0.29, 0.717) is 18.3 Å². The summed E-state index contributed by atoms with van der Waals surface area (Å²) in [6, 6.07) is 0. The number of ketones is 1. The maximum absolute atomic E-state index is 12.0. The molecule has 0 aromatic carbocycles. The molecule has 0 amide bonds. The van der Waals surface area contributed by atoms with E-state index in [4.69, 9.17) is 10.5 Å². The monoisotopic (exact) mass is 211 g/mol. The average molecular weight is 211 g/mol. The van der Waals surface area contributed by atoms with Crippen molar-refractivity contribution < 1.29 is 9.53 Å². The van der Waals surface area contributed by atoms with Crippen LogP contribution in [0.15, 0.2) is 0 Å². The van der Waals surface area contributed by atoms with E-state index in [2.05, 4.69) is 0 Å². The number of carbonyl (C=O) groups is 1. The summed E-state index contributed by atoms with van der Waals surface area (Å²) in [6.07, 6.45) is 4.96. The van der Waals surface area contributed by atoms with Crippen molar-refractivity contribution in [3.8, 4) is 0 Å². The first kappa shape index (κ1) is 11.1. The van der Waals surface area contributed by atoms with Crippen LogP contribution < -0.4 is 5.73 Å². The van der Waals surface area contributed by atoms with Gasteiger partial charge in [0.05, 0.1) is 5.54 Å². The lowest BCUT2D eigenvalue weighted by molar-refractivity contribution is -0.126. The fraction of sp³-hybridized carbons (Fsp3) is 0.917. The molecule has 15 heavy (non-hydrogen) atoms. The molecule has 1 heterocycles. The molecule has 2 rings (SSSR count). The summed E-state index contributed by atoms with van der Waals surface area (Å²) < 4.78 is 5.28. The molecule has 2 N–H and O–H groups in total. The molecule has 86 valence electrons. The van der Waals surface area contributed by atoms with Crippen molar-refractivity contribution in [2.24, 2.45) is 17.6 Å². The topological polar surface area (TPSA) is 52.3 Å². The number of ether oxygens (including phenoxy) is 1. The molecule has 2 fully saturated rings. The Morgan fingerprint density at radius 3 is 2.47 bits per heavy atom. The molecule has 0 bridgehead atoms. The third-order valence-corrected chi connectivity index (χ3v) is 3.84. The number of carbonyl (C=O) groups excluding carboxylic acids is 1. The number of hydrogen-bond acceptors (Lipinski definition) is 3. The largest absolute Gasteiger partial charge is 0.381 e. The van der Waals surface area contributed by atoms with Gasteiger partial charge >= 0.3 is 0 Å². The summed E-state index contributed by atoms with van der Waals surface area (Å²) in [7, 11) is 0. The number of hydrogen-bond donors (Lipinski definition) is 1. The number of rotatable bonds is 4. The zero-order valence-corrected chi connectivity index (χ0v) is 9.50. The second kappa shape index (κ2) is 4.22. The molecule has 0 spiro atoms. The van der Waals surface area contributed by atoms with Crippen LogP contribution in [0.5, 0.6) is 0 Å².